The molecule has 0 aromatic heterocycles. The van der Waals surface area contributed by atoms with Crippen LogP contribution >= 0.6 is 0 Å². The number of carbonyl (C=O) groups is 6. The maximum atomic E-state index is 12.7. The largest absolute Gasteiger partial charge is 0.481 e. The Bertz CT molecular complexity index is 832. The number of amides is 4. The molecule has 0 aliphatic carbocycles. The van der Waals surface area contributed by atoms with E-state index in [1.807, 2.05) is 0 Å². The molecule has 0 aromatic rings. The molecule has 204 valence electrons. The van der Waals surface area contributed by atoms with Gasteiger partial charge in [0.1, 0.15) is 18.1 Å². The molecule has 4 atom stereocenters. The second-order valence-corrected chi connectivity index (χ2v) is 7.70. The summed E-state index contributed by atoms with van der Waals surface area (Å²) in [6.07, 6.45) is -1.14. The molecule has 0 radical (unpaired) electrons. The van der Waals surface area contributed by atoms with Crippen LogP contribution in [0.15, 0.2) is 4.99 Å². The zero-order valence-corrected chi connectivity index (χ0v) is 19.5. The second kappa shape index (κ2) is 16.6. The van der Waals surface area contributed by atoms with Crippen LogP contribution in [0.1, 0.15) is 38.5 Å². The lowest BCUT2D eigenvalue weighted by Crippen LogP contribution is -2.58. The van der Waals surface area contributed by atoms with Crippen molar-refractivity contribution in [1.29, 1.82) is 0 Å². The van der Waals surface area contributed by atoms with Crippen LogP contribution in [-0.4, -0.2) is 94.2 Å². The first-order chi connectivity index (χ1) is 16.8. The molecule has 0 aliphatic heterocycles. The van der Waals surface area contributed by atoms with E-state index in [1.54, 1.807) is 0 Å². The highest BCUT2D eigenvalue weighted by atomic mass is 16.4. The molecule has 0 aliphatic rings. The molecule has 17 heteroatoms. The van der Waals surface area contributed by atoms with Gasteiger partial charge in [-0.05, 0) is 25.7 Å². The Kier molecular flexibility index (Phi) is 14.8. The predicted molar refractivity (Wildman–Crippen MR) is 124 cm³/mol. The third-order valence-corrected chi connectivity index (χ3v) is 4.69. The predicted octanol–water partition coefficient (Wildman–Crippen LogP) is -4.97. The van der Waals surface area contributed by atoms with Gasteiger partial charge in [0.15, 0.2) is 5.96 Å². The molecule has 0 aromatic carbocycles. The van der Waals surface area contributed by atoms with Crippen molar-refractivity contribution >= 4 is 41.5 Å². The molecular formula is C19H34N8O9. The van der Waals surface area contributed by atoms with E-state index in [0.717, 1.165) is 0 Å². The summed E-state index contributed by atoms with van der Waals surface area (Å²) in [5.41, 5.74) is 21.1. The van der Waals surface area contributed by atoms with Crippen LogP contribution in [0.4, 0.5) is 0 Å². The molecule has 0 bridgehead atoms. The maximum absolute atomic E-state index is 12.7. The number of aliphatic carboxylic acids is 2. The van der Waals surface area contributed by atoms with Crippen molar-refractivity contribution in [3.63, 3.8) is 0 Å². The number of carboxylic acid groups (broad SMARTS) is 2. The number of hydrogen-bond donors (Lipinski definition) is 10. The van der Waals surface area contributed by atoms with Crippen LogP contribution < -0.4 is 38.9 Å². The van der Waals surface area contributed by atoms with E-state index in [0.29, 0.717) is 0 Å². The number of primary amides is 1. The summed E-state index contributed by atoms with van der Waals surface area (Å²) in [4.78, 5) is 74.3. The Labute approximate surface area is 206 Å². The Morgan fingerprint density at radius 2 is 1.31 bits per heavy atom. The molecule has 36 heavy (non-hydrogen) atoms. The third-order valence-electron chi connectivity index (χ3n) is 4.69. The minimum Gasteiger partial charge on any atom is -0.481 e. The average molecular weight is 519 g/mol. The lowest BCUT2D eigenvalue weighted by atomic mass is 10.1. The number of nitrogens with one attached hydrogen (secondary N) is 3. The number of hydrogen-bond acceptors (Lipinski definition) is 9. The van der Waals surface area contributed by atoms with Crippen LogP contribution in [-0.2, 0) is 28.8 Å². The molecule has 0 saturated carbocycles. The first-order valence-electron chi connectivity index (χ1n) is 10.8. The zero-order chi connectivity index (χ0) is 27.8. The highest BCUT2D eigenvalue weighted by Gasteiger charge is 2.30. The molecular weight excluding hydrogens is 484 g/mol. The average Bonchev–Trinajstić information content (AvgIpc) is 2.79. The second-order valence-electron chi connectivity index (χ2n) is 7.70. The van der Waals surface area contributed by atoms with Gasteiger partial charge in [-0.1, -0.05) is 0 Å². The number of nitrogens with two attached hydrogens (primary N) is 4. The standard InChI is InChI=1S/C19H34N8O9/c20-9(3-6-14(30)31)15(32)27-12(8-28)17(34)25-10(2-1-7-24-19(22)23)16(33)26-11(18(35)36)4-5-13(21)29/h9-12,28H,1-8,20H2,(H2,21,29)(H,25,34)(H,26,33)(H,27,32)(H,30,31)(H,35,36)(H4,22,23,24). The van der Waals surface area contributed by atoms with Crippen molar-refractivity contribution in [1.82, 2.24) is 16.0 Å². The van der Waals surface area contributed by atoms with Crippen LogP contribution in [0.3, 0.4) is 0 Å². The minimum atomic E-state index is -1.55. The summed E-state index contributed by atoms with van der Waals surface area (Å²) in [6.45, 7) is -0.813. The SMILES string of the molecule is NC(=O)CCC(NC(=O)C(CCCN=C(N)N)NC(=O)C(CO)NC(=O)C(N)CCC(=O)O)C(=O)O. The smallest absolute Gasteiger partial charge is 0.326 e. The monoisotopic (exact) mass is 518 g/mol. The van der Waals surface area contributed by atoms with Crippen molar-refractivity contribution < 1.29 is 44.1 Å². The van der Waals surface area contributed by atoms with E-state index in [-0.39, 0.29) is 44.6 Å². The first-order valence-corrected chi connectivity index (χ1v) is 10.8. The summed E-state index contributed by atoms with van der Waals surface area (Å²) in [6, 6.07) is -5.65. The number of aliphatic imine (C=N–C) groups is 1. The van der Waals surface area contributed by atoms with Crippen molar-refractivity contribution in [3.8, 4) is 0 Å². The third kappa shape index (κ3) is 13.7. The van der Waals surface area contributed by atoms with Gasteiger partial charge in [0.05, 0.1) is 12.6 Å². The van der Waals surface area contributed by atoms with Gasteiger partial charge in [-0.2, -0.15) is 0 Å². The molecule has 0 rings (SSSR count). The van der Waals surface area contributed by atoms with Crippen molar-refractivity contribution in [2.75, 3.05) is 13.2 Å². The fourth-order valence-corrected chi connectivity index (χ4v) is 2.74. The number of aliphatic hydroxyl groups is 1. The first kappa shape index (κ1) is 32.0. The number of guanidine groups is 1. The van der Waals surface area contributed by atoms with Gasteiger partial charge in [0.2, 0.25) is 23.6 Å². The summed E-state index contributed by atoms with van der Waals surface area (Å²) in [7, 11) is 0. The van der Waals surface area contributed by atoms with Gasteiger partial charge in [-0.15, -0.1) is 0 Å². The van der Waals surface area contributed by atoms with Gasteiger partial charge >= 0.3 is 11.9 Å². The number of aliphatic hydroxyl groups excluding tert-OH is 1. The highest BCUT2D eigenvalue weighted by molar-refractivity contribution is 5.94. The lowest BCUT2D eigenvalue weighted by molar-refractivity contribution is -0.143. The van der Waals surface area contributed by atoms with Gasteiger partial charge in [-0.25, -0.2) is 4.79 Å². The zero-order valence-electron chi connectivity index (χ0n) is 19.5. The Morgan fingerprint density at radius 3 is 1.81 bits per heavy atom. The summed E-state index contributed by atoms with van der Waals surface area (Å²) < 4.78 is 0. The highest BCUT2D eigenvalue weighted by Crippen LogP contribution is 2.04. The van der Waals surface area contributed by atoms with Crippen LogP contribution in [0.5, 0.6) is 0 Å². The van der Waals surface area contributed by atoms with E-state index < -0.39 is 72.8 Å². The molecule has 14 N–H and O–H groups in total. The quantitative estimate of drug-likeness (QED) is 0.0463. The number of carbonyl (C=O) groups excluding carboxylic acids is 4. The number of rotatable bonds is 18. The van der Waals surface area contributed by atoms with Gasteiger partial charge in [0.25, 0.3) is 0 Å². The Balaban J connectivity index is 5.41. The fraction of sp³-hybridized carbons (Fsp3) is 0.632. The lowest BCUT2D eigenvalue weighted by Gasteiger charge is -2.24. The summed E-state index contributed by atoms with van der Waals surface area (Å²) in [5, 5.41) is 34.2. The van der Waals surface area contributed by atoms with Crippen LogP contribution in [0, 0.1) is 0 Å². The fourth-order valence-electron chi connectivity index (χ4n) is 2.74. The number of carboxylic acids is 2. The Hall–Kier alpha value is -3.99. The topological polar surface area (TPSA) is 316 Å². The molecule has 0 fully saturated rings. The van der Waals surface area contributed by atoms with Crippen molar-refractivity contribution in [3.05, 3.63) is 0 Å². The van der Waals surface area contributed by atoms with E-state index >= 15 is 0 Å². The summed E-state index contributed by atoms with van der Waals surface area (Å²) in [5.74, 6) is -6.43. The van der Waals surface area contributed by atoms with E-state index in [4.69, 9.17) is 28.0 Å². The molecule has 0 heterocycles. The van der Waals surface area contributed by atoms with E-state index in [2.05, 4.69) is 20.9 Å². The van der Waals surface area contributed by atoms with Crippen LogP contribution in [0.2, 0.25) is 0 Å². The van der Waals surface area contributed by atoms with Crippen molar-refractivity contribution in [2.24, 2.45) is 27.9 Å². The van der Waals surface area contributed by atoms with Gasteiger partial charge in [-0.3, -0.25) is 29.0 Å². The van der Waals surface area contributed by atoms with E-state index in [9.17, 15) is 39.0 Å². The van der Waals surface area contributed by atoms with Gasteiger partial charge < -0.3 is 54.2 Å². The summed E-state index contributed by atoms with van der Waals surface area (Å²) >= 11 is 0. The molecule has 17 nitrogen and oxygen atoms in total. The molecule has 4 unspecified atom stereocenters. The molecule has 4 amide bonds. The van der Waals surface area contributed by atoms with Crippen LogP contribution in [0.25, 0.3) is 0 Å². The van der Waals surface area contributed by atoms with E-state index in [1.165, 1.54) is 0 Å². The van der Waals surface area contributed by atoms with Crippen molar-refractivity contribution in [2.45, 2.75) is 62.7 Å². The Morgan fingerprint density at radius 1 is 0.750 bits per heavy atom. The van der Waals surface area contributed by atoms with Gasteiger partial charge in [0, 0.05) is 19.4 Å². The molecule has 0 saturated heterocycles. The normalized spacial score (nSPS) is 13.8. The minimum absolute atomic E-state index is 0.0687. The molecule has 0 spiro atoms. The number of nitrogens with zero attached hydrogens (tertiary/aromatic N) is 1. The maximum Gasteiger partial charge on any atom is 0.326 e.